The summed E-state index contributed by atoms with van der Waals surface area (Å²) < 4.78 is 19.5. The summed E-state index contributed by atoms with van der Waals surface area (Å²) in [5.41, 5.74) is 1.14. The van der Waals surface area contributed by atoms with Gasteiger partial charge in [-0.15, -0.1) is 0 Å². The molecule has 1 aliphatic heterocycles. The molecule has 0 saturated heterocycles. The maximum atomic E-state index is 13.1. The fourth-order valence-corrected chi connectivity index (χ4v) is 4.13. The molecular formula is C27H21N3O6. The molecule has 9 heteroatoms. The molecule has 36 heavy (non-hydrogen) atoms. The number of anilines is 1. The number of nitrogens with zero attached hydrogens (tertiary/aromatic N) is 2. The van der Waals surface area contributed by atoms with Crippen LogP contribution in [0.25, 0.3) is 10.9 Å². The van der Waals surface area contributed by atoms with Crippen LogP contribution in [0.3, 0.4) is 0 Å². The Morgan fingerprint density at radius 2 is 1.94 bits per heavy atom. The van der Waals surface area contributed by atoms with Crippen molar-refractivity contribution in [3.8, 4) is 23.3 Å². The lowest BCUT2D eigenvalue weighted by Gasteiger charge is -2.26. The van der Waals surface area contributed by atoms with E-state index in [2.05, 4.69) is 5.32 Å². The minimum absolute atomic E-state index is 0.1000. The van der Waals surface area contributed by atoms with Crippen molar-refractivity contribution in [2.24, 2.45) is 7.05 Å². The first kappa shape index (κ1) is 22.8. The number of rotatable bonds is 6. The summed E-state index contributed by atoms with van der Waals surface area (Å²) in [6.07, 6.45) is -0.302. The molecule has 1 amide bonds. The highest BCUT2D eigenvalue weighted by Crippen LogP contribution is 2.32. The molecule has 0 spiro atoms. The van der Waals surface area contributed by atoms with E-state index >= 15 is 0 Å². The second kappa shape index (κ2) is 9.35. The second-order valence-electron chi connectivity index (χ2n) is 8.22. The number of aromatic nitrogens is 1. The Morgan fingerprint density at radius 3 is 2.72 bits per heavy atom. The number of carbonyl (C=O) groups excluding carboxylic acids is 1. The molecule has 1 atom stereocenters. The van der Waals surface area contributed by atoms with Crippen LogP contribution < -0.4 is 19.5 Å². The number of hydrogen-bond donors (Lipinski definition) is 2. The number of carboxylic acids is 1. The Labute approximate surface area is 206 Å². The lowest BCUT2D eigenvalue weighted by molar-refractivity contribution is 0.0539. The summed E-state index contributed by atoms with van der Waals surface area (Å²) in [6.45, 7) is 0.595. The number of ether oxygens (including phenoxy) is 3. The van der Waals surface area contributed by atoms with Gasteiger partial charge in [-0.2, -0.15) is 5.26 Å². The minimum atomic E-state index is -1.24. The number of fused-ring (bicyclic) bond motifs is 2. The Morgan fingerprint density at radius 1 is 1.14 bits per heavy atom. The fourth-order valence-electron chi connectivity index (χ4n) is 4.13. The van der Waals surface area contributed by atoms with Gasteiger partial charge in [-0.1, -0.05) is 24.3 Å². The number of aryl methyl sites for hydroxylation is 1. The number of carboxylic acid groups (broad SMARTS) is 1. The predicted molar refractivity (Wildman–Crippen MR) is 131 cm³/mol. The molecule has 180 valence electrons. The molecule has 4 aromatic rings. The molecule has 2 heterocycles. The third kappa shape index (κ3) is 4.28. The van der Waals surface area contributed by atoms with Crippen LogP contribution >= 0.6 is 0 Å². The number of carbonyl (C=O) groups is 2. The highest BCUT2D eigenvalue weighted by atomic mass is 16.6. The quantitative estimate of drug-likeness (QED) is 0.421. The normalized spacial score (nSPS) is 14.2. The number of nitriles is 1. The SMILES string of the molecule is Cn1c(C(=O)Nc2ccc(C#N)cc2C(=O)O)cc2cccc(OCC3COc4ccccc4O3)c21. The van der Waals surface area contributed by atoms with Crippen molar-refractivity contribution >= 4 is 28.5 Å². The minimum Gasteiger partial charge on any atom is -0.487 e. The van der Waals surface area contributed by atoms with Crippen molar-refractivity contribution in [1.29, 1.82) is 5.26 Å². The van der Waals surface area contributed by atoms with Crippen molar-refractivity contribution in [3.05, 3.63) is 83.6 Å². The van der Waals surface area contributed by atoms with Crippen molar-refractivity contribution in [2.45, 2.75) is 6.10 Å². The highest BCUT2D eigenvalue weighted by Gasteiger charge is 2.23. The largest absolute Gasteiger partial charge is 0.487 e. The molecule has 0 fully saturated rings. The van der Waals surface area contributed by atoms with Gasteiger partial charge in [0.25, 0.3) is 5.91 Å². The van der Waals surface area contributed by atoms with Gasteiger partial charge in [0.15, 0.2) is 17.6 Å². The van der Waals surface area contributed by atoms with Crippen LogP contribution in [0, 0.1) is 11.3 Å². The predicted octanol–water partition coefficient (Wildman–Crippen LogP) is 4.22. The Balaban J connectivity index is 1.37. The standard InChI is InChI=1S/C27H21N3O6/c1-30-21(26(31)29-20-10-9-16(13-28)11-19(20)27(32)33)12-17-5-4-8-24(25(17)30)35-15-18-14-34-22-6-2-3-7-23(22)36-18/h2-12,18H,14-15H2,1H3,(H,29,31)(H,32,33). The molecule has 1 aromatic heterocycles. The van der Waals surface area contributed by atoms with E-state index in [-0.39, 0.29) is 29.5 Å². The molecular weight excluding hydrogens is 462 g/mol. The van der Waals surface area contributed by atoms with Crippen molar-refractivity contribution in [1.82, 2.24) is 4.57 Å². The van der Waals surface area contributed by atoms with Gasteiger partial charge in [-0.05, 0) is 42.5 Å². The van der Waals surface area contributed by atoms with Gasteiger partial charge < -0.3 is 29.2 Å². The molecule has 2 N–H and O–H groups in total. The number of hydrogen-bond acceptors (Lipinski definition) is 6. The average molecular weight is 483 g/mol. The first-order valence-corrected chi connectivity index (χ1v) is 11.1. The molecule has 9 nitrogen and oxygen atoms in total. The van der Waals surface area contributed by atoms with Gasteiger partial charge in [0.1, 0.15) is 24.7 Å². The van der Waals surface area contributed by atoms with Crippen LogP contribution in [0.5, 0.6) is 17.2 Å². The van der Waals surface area contributed by atoms with E-state index in [0.29, 0.717) is 35.1 Å². The summed E-state index contributed by atoms with van der Waals surface area (Å²) in [5.74, 6) is 0.194. The van der Waals surface area contributed by atoms with Crippen molar-refractivity contribution in [3.63, 3.8) is 0 Å². The maximum absolute atomic E-state index is 13.1. The van der Waals surface area contributed by atoms with Gasteiger partial charge in [0.2, 0.25) is 0 Å². The Kier molecular flexibility index (Phi) is 5.92. The van der Waals surface area contributed by atoms with E-state index < -0.39 is 11.9 Å². The molecule has 1 unspecified atom stereocenters. The van der Waals surface area contributed by atoms with Gasteiger partial charge in [-0.25, -0.2) is 4.79 Å². The molecule has 0 aliphatic carbocycles. The third-order valence-corrected chi connectivity index (χ3v) is 5.87. The highest BCUT2D eigenvalue weighted by molar-refractivity contribution is 6.09. The summed E-state index contributed by atoms with van der Waals surface area (Å²) in [7, 11) is 1.73. The lowest BCUT2D eigenvalue weighted by Crippen LogP contribution is -2.34. The van der Waals surface area contributed by atoms with Crippen molar-refractivity contribution in [2.75, 3.05) is 18.5 Å². The zero-order valence-corrected chi connectivity index (χ0v) is 19.2. The van der Waals surface area contributed by atoms with Crippen LogP contribution in [0.2, 0.25) is 0 Å². The van der Waals surface area contributed by atoms with Crippen LogP contribution in [0.4, 0.5) is 5.69 Å². The molecule has 0 radical (unpaired) electrons. The van der Waals surface area contributed by atoms with E-state index in [1.165, 1.54) is 18.2 Å². The van der Waals surface area contributed by atoms with Gasteiger partial charge in [-0.3, -0.25) is 4.79 Å². The Bertz CT molecular complexity index is 1530. The van der Waals surface area contributed by atoms with Crippen LogP contribution in [0.1, 0.15) is 26.4 Å². The van der Waals surface area contributed by atoms with E-state index in [4.69, 9.17) is 19.5 Å². The summed E-state index contributed by atoms with van der Waals surface area (Å²) >= 11 is 0. The fraction of sp³-hybridized carbons (Fsp3) is 0.148. The molecule has 5 rings (SSSR count). The lowest BCUT2D eigenvalue weighted by atomic mass is 10.1. The van der Waals surface area contributed by atoms with Gasteiger partial charge >= 0.3 is 5.97 Å². The van der Waals surface area contributed by atoms with Gasteiger partial charge in [0.05, 0.1) is 28.4 Å². The zero-order valence-electron chi connectivity index (χ0n) is 19.2. The smallest absolute Gasteiger partial charge is 0.337 e. The summed E-state index contributed by atoms with van der Waals surface area (Å²) in [4.78, 5) is 24.7. The number of para-hydroxylation sites is 3. The topological polar surface area (TPSA) is 123 Å². The monoisotopic (exact) mass is 483 g/mol. The zero-order chi connectivity index (χ0) is 25.2. The average Bonchev–Trinajstić information content (AvgIpc) is 3.24. The molecule has 0 saturated carbocycles. The van der Waals surface area contributed by atoms with Crippen molar-refractivity contribution < 1.29 is 28.9 Å². The van der Waals surface area contributed by atoms with E-state index in [1.54, 1.807) is 17.7 Å². The third-order valence-electron chi connectivity index (χ3n) is 5.87. The number of amides is 1. The first-order chi connectivity index (χ1) is 17.4. The van der Waals surface area contributed by atoms with Crippen LogP contribution in [-0.4, -0.2) is 40.9 Å². The maximum Gasteiger partial charge on any atom is 0.337 e. The van der Waals surface area contributed by atoms with Crippen LogP contribution in [0.15, 0.2) is 66.7 Å². The molecule has 3 aromatic carbocycles. The number of aromatic carboxylic acids is 1. The van der Waals surface area contributed by atoms with E-state index in [1.807, 2.05) is 48.5 Å². The number of nitrogens with one attached hydrogen (secondary N) is 1. The Hall–Kier alpha value is -4.97. The molecule has 0 bridgehead atoms. The van der Waals surface area contributed by atoms with E-state index in [0.717, 1.165) is 5.39 Å². The summed E-state index contributed by atoms with van der Waals surface area (Å²) in [5, 5.41) is 22.0. The van der Waals surface area contributed by atoms with Crippen LogP contribution in [-0.2, 0) is 7.05 Å². The second-order valence-corrected chi connectivity index (χ2v) is 8.22. The first-order valence-electron chi connectivity index (χ1n) is 11.1. The summed E-state index contributed by atoms with van der Waals surface area (Å²) in [6, 6.07) is 20.6. The number of benzene rings is 3. The molecule has 1 aliphatic rings. The van der Waals surface area contributed by atoms with E-state index in [9.17, 15) is 14.7 Å². The van der Waals surface area contributed by atoms with Gasteiger partial charge in [0, 0.05) is 12.4 Å².